The highest BCUT2D eigenvalue weighted by Gasteiger charge is 2.32. The van der Waals surface area contributed by atoms with Crippen molar-refractivity contribution < 1.29 is 9.53 Å². The number of rotatable bonds is 6. The van der Waals surface area contributed by atoms with Crippen LogP contribution in [0.25, 0.3) is 0 Å². The van der Waals surface area contributed by atoms with Crippen molar-refractivity contribution in [1.82, 2.24) is 4.90 Å². The van der Waals surface area contributed by atoms with Crippen LogP contribution in [0.1, 0.15) is 33.3 Å². The Labute approximate surface area is 121 Å². The highest BCUT2D eigenvalue weighted by atomic mass is 16.5. The number of anilines is 1. The van der Waals surface area contributed by atoms with Gasteiger partial charge in [-0.1, -0.05) is 18.2 Å². The average Bonchev–Trinajstić information content (AvgIpc) is 2.39. The van der Waals surface area contributed by atoms with Gasteiger partial charge in [-0.3, -0.25) is 9.69 Å². The van der Waals surface area contributed by atoms with E-state index in [0.717, 1.165) is 17.8 Å². The molecule has 2 N–H and O–H groups in total. The first-order valence-corrected chi connectivity index (χ1v) is 6.93. The lowest BCUT2D eigenvalue weighted by Crippen LogP contribution is -2.42. The highest BCUT2D eigenvalue weighted by molar-refractivity contribution is 5.76. The van der Waals surface area contributed by atoms with Crippen LogP contribution >= 0.6 is 0 Å². The molecular weight excluding hydrogens is 252 g/mol. The van der Waals surface area contributed by atoms with E-state index in [9.17, 15) is 4.79 Å². The second-order valence-corrected chi connectivity index (χ2v) is 6.07. The van der Waals surface area contributed by atoms with Crippen molar-refractivity contribution in [1.29, 1.82) is 0 Å². The molecule has 0 aliphatic carbocycles. The van der Waals surface area contributed by atoms with Crippen LogP contribution in [0.4, 0.5) is 5.69 Å². The van der Waals surface area contributed by atoms with E-state index in [0.29, 0.717) is 12.6 Å². The van der Waals surface area contributed by atoms with Crippen LogP contribution in [0.3, 0.4) is 0 Å². The van der Waals surface area contributed by atoms with Gasteiger partial charge in [-0.2, -0.15) is 0 Å². The number of hydrogen-bond donors (Lipinski definition) is 1. The van der Waals surface area contributed by atoms with Gasteiger partial charge < -0.3 is 10.5 Å². The van der Waals surface area contributed by atoms with Crippen molar-refractivity contribution in [3.8, 4) is 0 Å². The zero-order chi connectivity index (χ0) is 15.3. The molecule has 0 unspecified atom stereocenters. The fraction of sp³-hybridized carbons (Fsp3) is 0.562. The van der Waals surface area contributed by atoms with E-state index in [4.69, 9.17) is 10.5 Å². The Kier molecular flexibility index (Phi) is 5.57. The standard InChI is InChI=1S/C16H26N2O2/c1-12(2)18(11-16(3,4)15(19)20-5)10-13-8-6-7-9-14(13)17/h6-9,12H,10-11,17H2,1-5H3. The van der Waals surface area contributed by atoms with Gasteiger partial charge in [0.1, 0.15) is 0 Å². The van der Waals surface area contributed by atoms with Crippen LogP contribution < -0.4 is 5.73 Å². The van der Waals surface area contributed by atoms with Crippen LogP contribution in [0.2, 0.25) is 0 Å². The van der Waals surface area contributed by atoms with Crippen molar-refractivity contribution in [3.05, 3.63) is 29.8 Å². The largest absolute Gasteiger partial charge is 0.469 e. The molecule has 4 nitrogen and oxygen atoms in total. The third-order valence-electron chi connectivity index (χ3n) is 3.50. The van der Waals surface area contributed by atoms with Gasteiger partial charge in [0.15, 0.2) is 0 Å². The minimum absolute atomic E-state index is 0.191. The summed E-state index contributed by atoms with van der Waals surface area (Å²) in [4.78, 5) is 14.1. The minimum atomic E-state index is -0.539. The maximum absolute atomic E-state index is 11.8. The summed E-state index contributed by atoms with van der Waals surface area (Å²) in [7, 11) is 1.43. The van der Waals surface area contributed by atoms with Crippen LogP contribution in [-0.2, 0) is 16.1 Å². The third-order valence-corrected chi connectivity index (χ3v) is 3.50. The van der Waals surface area contributed by atoms with Gasteiger partial charge in [0.2, 0.25) is 0 Å². The number of carbonyl (C=O) groups is 1. The highest BCUT2D eigenvalue weighted by Crippen LogP contribution is 2.23. The Hall–Kier alpha value is -1.55. The molecule has 0 fully saturated rings. The molecule has 0 saturated heterocycles. The molecule has 1 aromatic carbocycles. The van der Waals surface area contributed by atoms with E-state index in [1.54, 1.807) is 0 Å². The van der Waals surface area contributed by atoms with Gasteiger partial charge in [0.05, 0.1) is 12.5 Å². The number of nitrogens with two attached hydrogens (primary N) is 1. The third kappa shape index (κ3) is 4.23. The summed E-state index contributed by atoms with van der Waals surface area (Å²) in [6.07, 6.45) is 0. The molecule has 0 spiro atoms. The minimum Gasteiger partial charge on any atom is -0.469 e. The quantitative estimate of drug-likeness (QED) is 0.642. The second-order valence-electron chi connectivity index (χ2n) is 6.07. The van der Waals surface area contributed by atoms with Crippen molar-refractivity contribution in [2.75, 3.05) is 19.4 Å². The summed E-state index contributed by atoms with van der Waals surface area (Å²) >= 11 is 0. The van der Waals surface area contributed by atoms with Crippen LogP contribution in [0.15, 0.2) is 24.3 Å². The van der Waals surface area contributed by atoms with Gasteiger partial charge in [-0.15, -0.1) is 0 Å². The molecule has 0 saturated carbocycles. The Balaban J connectivity index is 2.86. The monoisotopic (exact) mass is 278 g/mol. The Morgan fingerprint density at radius 1 is 1.35 bits per heavy atom. The van der Waals surface area contributed by atoms with Gasteiger partial charge in [0, 0.05) is 24.8 Å². The topological polar surface area (TPSA) is 55.6 Å². The van der Waals surface area contributed by atoms with Gasteiger partial charge in [-0.25, -0.2) is 0 Å². The van der Waals surface area contributed by atoms with E-state index < -0.39 is 5.41 Å². The first-order chi connectivity index (χ1) is 9.27. The lowest BCUT2D eigenvalue weighted by atomic mass is 9.92. The molecule has 0 amide bonds. The Bertz CT molecular complexity index is 456. The SMILES string of the molecule is COC(=O)C(C)(C)CN(Cc1ccccc1N)C(C)C. The van der Waals surface area contributed by atoms with Crippen molar-refractivity contribution >= 4 is 11.7 Å². The molecular formula is C16H26N2O2. The summed E-state index contributed by atoms with van der Waals surface area (Å²) in [6.45, 7) is 9.40. The smallest absolute Gasteiger partial charge is 0.312 e. The molecule has 0 aromatic heterocycles. The predicted octanol–water partition coefficient (Wildman–Crippen LogP) is 2.68. The first-order valence-electron chi connectivity index (χ1n) is 6.93. The van der Waals surface area contributed by atoms with E-state index in [2.05, 4.69) is 18.7 Å². The number of nitrogen functional groups attached to an aromatic ring is 1. The number of benzene rings is 1. The molecule has 20 heavy (non-hydrogen) atoms. The van der Waals surface area contributed by atoms with Crippen molar-refractivity contribution in [3.63, 3.8) is 0 Å². The lowest BCUT2D eigenvalue weighted by molar-refractivity contribution is -0.152. The predicted molar refractivity (Wildman–Crippen MR) is 82.2 cm³/mol. The maximum atomic E-state index is 11.8. The molecule has 112 valence electrons. The first kappa shape index (κ1) is 16.5. The Morgan fingerprint density at radius 2 is 1.95 bits per heavy atom. The number of ether oxygens (including phenoxy) is 1. The molecule has 1 aromatic rings. The maximum Gasteiger partial charge on any atom is 0.312 e. The van der Waals surface area contributed by atoms with Crippen molar-refractivity contribution in [2.45, 2.75) is 40.3 Å². The molecule has 0 radical (unpaired) electrons. The zero-order valence-corrected chi connectivity index (χ0v) is 13.1. The number of esters is 1. The average molecular weight is 278 g/mol. The number of methoxy groups -OCH3 is 1. The molecule has 0 aliphatic heterocycles. The molecule has 0 atom stereocenters. The molecule has 0 heterocycles. The zero-order valence-electron chi connectivity index (χ0n) is 13.1. The van der Waals surface area contributed by atoms with Gasteiger partial charge in [0.25, 0.3) is 0 Å². The van der Waals surface area contributed by atoms with E-state index >= 15 is 0 Å². The number of para-hydroxylation sites is 1. The lowest BCUT2D eigenvalue weighted by Gasteiger charge is -2.33. The normalized spacial score (nSPS) is 11.9. The van der Waals surface area contributed by atoms with Crippen LogP contribution in [0.5, 0.6) is 0 Å². The van der Waals surface area contributed by atoms with E-state index in [-0.39, 0.29) is 5.97 Å². The van der Waals surface area contributed by atoms with Crippen LogP contribution in [-0.4, -0.2) is 30.6 Å². The summed E-state index contributed by atoms with van der Waals surface area (Å²) < 4.78 is 4.88. The summed E-state index contributed by atoms with van der Waals surface area (Å²) in [5.41, 5.74) is 7.33. The molecule has 1 rings (SSSR count). The number of hydrogen-bond acceptors (Lipinski definition) is 4. The summed E-state index contributed by atoms with van der Waals surface area (Å²) in [5, 5.41) is 0. The van der Waals surface area contributed by atoms with Crippen LogP contribution in [0, 0.1) is 5.41 Å². The molecule has 0 aliphatic rings. The molecule has 4 heteroatoms. The molecule has 0 bridgehead atoms. The fourth-order valence-corrected chi connectivity index (χ4v) is 2.17. The van der Waals surface area contributed by atoms with Gasteiger partial charge >= 0.3 is 5.97 Å². The fourth-order valence-electron chi connectivity index (χ4n) is 2.17. The number of nitrogens with zero attached hydrogens (tertiary/aromatic N) is 1. The second kappa shape index (κ2) is 6.75. The van der Waals surface area contributed by atoms with E-state index in [1.165, 1.54) is 7.11 Å². The van der Waals surface area contributed by atoms with E-state index in [1.807, 2.05) is 38.1 Å². The number of carbonyl (C=O) groups excluding carboxylic acids is 1. The Morgan fingerprint density at radius 3 is 2.45 bits per heavy atom. The summed E-state index contributed by atoms with van der Waals surface area (Å²) in [5.74, 6) is -0.191. The summed E-state index contributed by atoms with van der Waals surface area (Å²) in [6, 6.07) is 8.15. The van der Waals surface area contributed by atoms with Gasteiger partial charge in [-0.05, 0) is 39.3 Å². The van der Waals surface area contributed by atoms with Crippen molar-refractivity contribution in [2.24, 2.45) is 5.41 Å².